The van der Waals surface area contributed by atoms with Crippen molar-refractivity contribution in [1.29, 1.82) is 0 Å². The molecule has 0 aliphatic carbocycles. The summed E-state index contributed by atoms with van der Waals surface area (Å²) in [4.78, 5) is 31.8. The highest BCUT2D eigenvalue weighted by molar-refractivity contribution is 7.07. The normalized spacial score (nSPS) is 15.3. The van der Waals surface area contributed by atoms with E-state index >= 15 is 0 Å². The van der Waals surface area contributed by atoms with E-state index < -0.39 is 12.0 Å². The van der Waals surface area contributed by atoms with E-state index in [0.717, 1.165) is 0 Å². The van der Waals surface area contributed by atoms with Crippen molar-refractivity contribution in [2.24, 2.45) is 4.99 Å². The van der Waals surface area contributed by atoms with Gasteiger partial charge >= 0.3 is 5.97 Å². The van der Waals surface area contributed by atoms with Crippen molar-refractivity contribution in [1.82, 2.24) is 4.57 Å². The number of methoxy groups -OCH3 is 3. The van der Waals surface area contributed by atoms with Gasteiger partial charge < -0.3 is 18.9 Å². The Morgan fingerprint density at radius 2 is 1.78 bits per heavy atom. The zero-order valence-corrected chi connectivity index (χ0v) is 22.0. The predicted molar refractivity (Wildman–Crippen MR) is 138 cm³/mol. The van der Waals surface area contributed by atoms with E-state index in [0.29, 0.717) is 54.0 Å². The molecule has 0 amide bonds. The fourth-order valence-corrected chi connectivity index (χ4v) is 5.29. The number of carbonyl (C=O) groups is 1. The summed E-state index contributed by atoms with van der Waals surface area (Å²) in [7, 11) is 4.57. The highest BCUT2D eigenvalue weighted by atomic mass is 35.5. The number of hydrogen-bond acceptors (Lipinski definition) is 8. The Labute approximate surface area is 216 Å². The van der Waals surface area contributed by atoms with Gasteiger partial charge in [-0.3, -0.25) is 9.36 Å². The second-order valence-electron chi connectivity index (χ2n) is 7.78. The molecular formula is C26H25ClN2O6S. The van der Waals surface area contributed by atoms with Gasteiger partial charge in [0.05, 0.1) is 49.8 Å². The van der Waals surface area contributed by atoms with Gasteiger partial charge in [0.25, 0.3) is 5.56 Å². The Kier molecular flexibility index (Phi) is 7.51. The van der Waals surface area contributed by atoms with Gasteiger partial charge in [0.15, 0.2) is 16.3 Å². The lowest BCUT2D eigenvalue weighted by Gasteiger charge is -2.24. The molecule has 36 heavy (non-hydrogen) atoms. The van der Waals surface area contributed by atoms with Crippen molar-refractivity contribution in [3.05, 3.63) is 83.5 Å². The van der Waals surface area contributed by atoms with Gasteiger partial charge in [-0.1, -0.05) is 35.1 Å². The summed E-state index contributed by atoms with van der Waals surface area (Å²) in [6.45, 7) is 3.67. The number of aromatic nitrogens is 1. The fraction of sp³-hybridized carbons (Fsp3) is 0.269. The molecule has 2 aromatic carbocycles. The number of nitrogens with zero attached hydrogens (tertiary/aromatic N) is 2. The topological polar surface area (TPSA) is 88.4 Å². The van der Waals surface area contributed by atoms with Crippen molar-refractivity contribution in [3.8, 4) is 17.2 Å². The van der Waals surface area contributed by atoms with Crippen molar-refractivity contribution in [2.75, 3.05) is 27.9 Å². The molecule has 1 unspecified atom stereocenters. The van der Waals surface area contributed by atoms with Gasteiger partial charge in [0, 0.05) is 10.6 Å². The van der Waals surface area contributed by atoms with Crippen LogP contribution in [0.15, 0.2) is 57.5 Å². The monoisotopic (exact) mass is 528 g/mol. The number of hydrogen-bond donors (Lipinski definition) is 0. The second-order valence-corrected chi connectivity index (χ2v) is 9.22. The van der Waals surface area contributed by atoms with Gasteiger partial charge in [-0.05, 0) is 49.8 Å². The SMILES string of the molecule is CCOC(=O)C1=C(C)N=c2sc(=Cc3ccc(OC)c(OC)c3OC)c(=O)n2C1c1ccc(Cl)cc1. The van der Waals surface area contributed by atoms with Crippen LogP contribution in [0.2, 0.25) is 5.02 Å². The minimum Gasteiger partial charge on any atom is -0.493 e. The smallest absolute Gasteiger partial charge is 0.338 e. The average molecular weight is 529 g/mol. The van der Waals surface area contributed by atoms with E-state index in [1.807, 2.05) is 0 Å². The van der Waals surface area contributed by atoms with Crippen molar-refractivity contribution in [3.63, 3.8) is 0 Å². The first kappa shape index (κ1) is 25.5. The lowest BCUT2D eigenvalue weighted by atomic mass is 9.96. The van der Waals surface area contributed by atoms with Gasteiger partial charge in [0.1, 0.15) is 0 Å². The molecule has 0 spiro atoms. The number of ether oxygens (including phenoxy) is 4. The summed E-state index contributed by atoms with van der Waals surface area (Å²) in [6, 6.07) is 9.83. The number of fused-ring (bicyclic) bond motifs is 1. The molecule has 8 nitrogen and oxygen atoms in total. The van der Waals surface area contributed by atoms with E-state index in [1.165, 1.54) is 37.2 Å². The van der Waals surface area contributed by atoms with Crippen molar-refractivity contribution >= 4 is 35.0 Å². The summed E-state index contributed by atoms with van der Waals surface area (Å²) >= 11 is 7.32. The summed E-state index contributed by atoms with van der Waals surface area (Å²) < 4.78 is 23.7. The Morgan fingerprint density at radius 3 is 2.39 bits per heavy atom. The van der Waals surface area contributed by atoms with Gasteiger partial charge in [0.2, 0.25) is 5.75 Å². The zero-order valence-electron chi connectivity index (χ0n) is 20.5. The molecule has 0 saturated carbocycles. The summed E-state index contributed by atoms with van der Waals surface area (Å²) in [5.41, 5.74) is 1.84. The molecular weight excluding hydrogens is 504 g/mol. The number of esters is 1. The predicted octanol–water partition coefficient (Wildman–Crippen LogP) is 3.48. The quantitative estimate of drug-likeness (QED) is 0.436. The third-order valence-corrected chi connectivity index (χ3v) is 6.96. The number of thiazole rings is 1. The molecule has 1 aromatic heterocycles. The largest absolute Gasteiger partial charge is 0.493 e. The van der Waals surface area contributed by atoms with E-state index in [4.69, 9.17) is 30.5 Å². The van der Waals surface area contributed by atoms with Crippen LogP contribution in [-0.4, -0.2) is 38.5 Å². The summed E-state index contributed by atoms with van der Waals surface area (Å²) in [5.74, 6) is 0.835. The molecule has 0 N–H and O–H groups in total. The molecule has 1 atom stereocenters. The third kappa shape index (κ3) is 4.52. The van der Waals surface area contributed by atoms with E-state index in [2.05, 4.69) is 4.99 Å². The van der Waals surface area contributed by atoms with Crippen LogP contribution in [0.25, 0.3) is 6.08 Å². The lowest BCUT2D eigenvalue weighted by Crippen LogP contribution is -2.39. The van der Waals surface area contributed by atoms with Crippen LogP contribution in [0.1, 0.15) is 31.0 Å². The highest BCUT2D eigenvalue weighted by Crippen LogP contribution is 2.40. The van der Waals surface area contributed by atoms with Crippen LogP contribution >= 0.6 is 22.9 Å². The second kappa shape index (κ2) is 10.6. The van der Waals surface area contributed by atoms with E-state index in [-0.39, 0.29) is 12.2 Å². The first-order valence-electron chi connectivity index (χ1n) is 11.1. The Morgan fingerprint density at radius 1 is 1.08 bits per heavy atom. The van der Waals surface area contributed by atoms with Crippen molar-refractivity contribution < 1.29 is 23.7 Å². The minimum atomic E-state index is -0.716. The van der Waals surface area contributed by atoms with Crippen LogP contribution in [0.5, 0.6) is 17.2 Å². The molecule has 188 valence electrons. The molecule has 0 saturated heterocycles. The van der Waals surface area contributed by atoms with Crippen molar-refractivity contribution in [2.45, 2.75) is 19.9 Å². The average Bonchev–Trinajstić information content (AvgIpc) is 3.17. The van der Waals surface area contributed by atoms with E-state index in [9.17, 15) is 9.59 Å². The molecule has 3 aromatic rings. The summed E-state index contributed by atoms with van der Waals surface area (Å²) in [5, 5.41) is 0.546. The maximum Gasteiger partial charge on any atom is 0.338 e. The molecule has 4 rings (SSSR count). The molecule has 1 aliphatic rings. The van der Waals surface area contributed by atoms with Gasteiger partial charge in [-0.15, -0.1) is 0 Å². The van der Waals surface area contributed by atoms with Crippen LogP contribution in [0.3, 0.4) is 0 Å². The number of halogens is 1. The van der Waals surface area contributed by atoms with Crippen LogP contribution in [0.4, 0.5) is 0 Å². The first-order chi connectivity index (χ1) is 17.3. The maximum absolute atomic E-state index is 13.8. The lowest BCUT2D eigenvalue weighted by molar-refractivity contribution is -0.139. The number of benzene rings is 2. The standard InChI is InChI=1S/C26H25ClN2O6S/c1-6-35-25(31)20-14(2)28-26-29(21(20)15-7-10-17(27)11-8-15)24(30)19(36-26)13-16-9-12-18(32-3)23(34-5)22(16)33-4/h7-13,21H,6H2,1-5H3. The Bertz CT molecular complexity index is 1520. The summed E-state index contributed by atoms with van der Waals surface area (Å²) in [6.07, 6.45) is 1.72. The van der Waals surface area contributed by atoms with Crippen LogP contribution in [-0.2, 0) is 9.53 Å². The van der Waals surface area contributed by atoms with Gasteiger partial charge in [-0.25, -0.2) is 9.79 Å². The molecule has 0 radical (unpaired) electrons. The van der Waals surface area contributed by atoms with Crippen LogP contribution < -0.4 is 29.1 Å². The Balaban J connectivity index is 1.97. The third-order valence-electron chi connectivity index (χ3n) is 5.72. The van der Waals surface area contributed by atoms with Crippen LogP contribution in [0, 0.1) is 0 Å². The molecule has 1 aliphatic heterocycles. The minimum absolute atomic E-state index is 0.201. The number of carbonyl (C=O) groups excluding carboxylic acids is 1. The molecule has 0 bridgehead atoms. The first-order valence-corrected chi connectivity index (χ1v) is 12.3. The van der Waals surface area contributed by atoms with Gasteiger partial charge in [-0.2, -0.15) is 0 Å². The number of allylic oxidation sites excluding steroid dienone is 1. The molecule has 0 fully saturated rings. The fourth-order valence-electron chi connectivity index (χ4n) is 4.13. The molecule has 10 heteroatoms. The Hall–Kier alpha value is -3.56. The maximum atomic E-state index is 13.8. The number of rotatable bonds is 7. The highest BCUT2D eigenvalue weighted by Gasteiger charge is 2.33. The molecule has 2 heterocycles. The zero-order chi connectivity index (χ0) is 26.0. The van der Waals surface area contributed by atoms with E-state index in [1.54, 1.807) is 56.3 Å².